The van der Waals surface area contributed by atoms with Gasteiger partial charge in [-0.1, -0.05) is 32.4 Å². The van der Waals surface area contributed by atoms with Gasteiger partial charge in [0.1, 0.15) is 0 Å². The van der Waals surface area contributed by atoms with E-state index in [-0.39, 0.29) is 16.7 Å². The third-order valence-corrected chi connectivity index (χ3v) is 2.70. The van der Waals surface area contributed by atoms with E-state index in [1.165, 1.54) is 6.07 Å². The molecule has 0 spiro atoms. The predicted molar refractivity (Wildman–Crippen MR) is 69.0 cm³/mol. The molecule has 0 bridgehead atoms. The normalized spacial score (nSPS) is 12.4. The van der Waals surface area contributed by atoms with Gasteiger partial charge in [-0.15, -0.1) is 0 Å². The van der Waals surface area contributed by atoms with Crippen LogP contribution in [0, 0.1) is 10.1 Å². The smallest absolute Gasteiger partial charge is 0.269 e. The van der Waals surface area contributed by atoms with Gasteiger partial charge in [0.05, 0.1) is 4.92 Å². The third kappa shape index (κ3) is 4.15. The summed E-state index contributed by atoms with van der Waals surface area (Å²) in [4.78, 5) is 10.4. The second kappa shape index (κ2) is 7.01. The van der Waals surface area contributed by atoms with Gasteiger partial charge in [0.2, 0.25) is 0 Å². The third-order valence-electron chi connectivity index (χ3n) is 2.70. The summed E-state index contributed by atoms with van der Waals surface area (Å²) in [5, 5.41) is 14.2. The SMILES string of the molecule is CCCNC(CCC)c1cccc([N+](=O)[O-])c1. The molecule has 4 heteroatoms. The van der Waals surface area contributed by atoms with Crippen LogP contribution in [-0.2, 0) is 0 Å². The molecule has 0 saturated heterocycles. The Balaban J connectivity index is 2.84. The molecule has 0 aliphatic carbocycles. The first kappa shape index (κ1) is 13.6. The Morgan fingerprint density at radius 2 is 2.12 bits per heavy atom. The van der Waals surface area contributed by atoms with E-state index in [0.717, 1.165) is 31.4 Å². The number of nitrogens with zero attached hydrogens (tertiary/aromatic N) is 1. The average Bonchev–Trinajstić information content (AvgIpc) is 2.34. The minimum Gasteiger partial charge on any atom is -0.310 e. The Morgan fingerprint density at radius 1 is 1.35 bits per heavy atom. The first-order chi connectivity index (χ1) is 8.19. The number of non-ortho nitro benzene ring substituents is 1. The molecule has 0 aromatic heterocycles. The molecule has 1 aromatic rings. The topological polar surface area (TPSA) is 55.2 Å². The van der Waals surface area contributed by atoms with Gasteiger partial charge in [-0.2, -0.15) is 0 Å². The van der Waals surface area contributed by atoms with Crippen LogP contribution in [0.15, 0.2) is 24.3 Å². The molecule has 1 atom stereocenters. The maximum atomic E-state index is 10.7. The number of rotatable bonds is 7. The minimum absolute atomic E-state index is 0.168. The zero-order valence-corrected chi connectivity index (χ0v) is 10.5. The zero-order chi connectivity index (χ0) is 12.7. The molecule has 0 fully saturated rings. The van der Waals surface area contributed by atoms with Crippen molar-refractivity contribution in [1.29, 1.82) is 0 Å². The summed E-state index contributed by atoms with van der Waals surface area (Å²) in [7, 11) is 0. The standard InChI is InChI=1S/C13H20N2O2/c1-3-6-13(14-9-4-2)11-7-5-8-12(10-11)15(16)17/h5,7-8,10,13-14H,3-4,6,9H2,1-2H3. The van der Waals surface area contributed by atoms with Gasteiger partial charge < -0.3 is 5.32 Å². The van der Waals surface area contributed by atoms with E-state index < -0.39 is 0 Å². The van der Waals surface area contributed by atoms with E-state index in [1.807, 2.05) is 6.07 Å². The monoisotopic (exact) mass is 236 g/mol. The number of nitrogens with one attached hydrogen (secondary N) is 1. The Kier molecular flexibility index (Phi) is 5.63. The van der Waals surface area contributed by atoms with Crippen LogP contribution in [-0.4, -0.2) is 11.5 Å². The Bertz CT molecular complexity index is 366. The van der Waals surface area contributed by atoms with E-state index in [4.69, 9.17) is 0 Å². The maximum absolute atomic E-state index is 10.7. The van der Waals surface area contributed by atoms with E-state index in [9.17, 15) is 10.1 Å². The largest absolute Gasteiger partial charge is 0.310 e. The van der Waals surface area contributed by atoms with Gasteiger partial charge in [0, 0.05) is 18.2 Å². The molecule has 1 N–H and O–H groups in total. The van der Waals surface area contributed by atoms with Crippen LogP contribution < -0.4 is 5.32 Å². The van der Waals surface area contributed by atoms with E-state index >= 15 is 0 Å². The predicted octanol–water partition coefficient (Wildman–Crippen LogP) is 3.44. The highest BCUT2D eigenvalue weighted by Gasteiger charge is 2.13. The molecular weight excluding hydrogens is 216 g/mol. The van der Waals surface area contributed by atoms with Gasteiger partial charge in [-0.05, 0) is 24.9 Å². The first-order valence-electron chi connectivity index (χ1n) is 6.16. The fourth-order valence-electron chi connectivity index (χ4n) is 1.85. The highest BCUT2D eigenvalue weighted by atomic mass is 16.6. The van der Waals surface area contributed by atoms with E-state index in [1.54, 1.807) is 12.1 Å². The zero-order valence-electron chi connectivity index (χ0n) is 10.5. The highest BCUT2D eigenvalue weighted by molar-refractivity contribution is 5.35. The number of nitro groups is 1. The van der Waals surface area contributed by atoms with Crippen LogP contribution in [0.4, 0.5) is 5.69 Å². The lowest BCUT2D eigenvalue weighted by molar-refractivity contribution is -0.384. The molecule has 0 heterocycles. The molecule has 1 aromatic carbocycles. The van der Waals surface area contributed by atoms with Crippen LogP contribution in [0.3, 0.4) is 0 Å². The van der Waals surface area contributed by atoms with Crippen LogP contribution in [0.1, 0.15) is 44.7 Å². The van der Waals surface area contributed by atoms with Crippen molar-refractivity contribution >= 4 is 5.69 Å². The van der Waals surface area contributed by atoms with Crippen LogP contribution >= 0.6 is 0 Å². The summed E-state index contributed by atoms with van der Waals surface area (Å²) in [6.45, 7) is 5.18. The molecule has 17 heavy (non-hydrogen) atoms. The molecule has 0 amide bonds. The highest BCUT2D eigenvalue weighted by Crippen LogP contribution is 2.22. The number of hydrogen-bond acceptors (Lipinski definition) is 3. The lowest BCUT2D eigenvalue weighted by Gasteiger charge is -2.18. The number of nitro benzene ring substituents is 1. The van der Waals surface area contributed by atoms with Crippen molar-refractivity contribution in [2.24, 2.45) is 0 Å². The fourth-order valence-corrected chi connectivity index (χ4v) is 1.85. The molecule has 1 unspecified atom stereocenters. The van der Waals surface area contributed by atoms with Crippen LogP contribution in [0.2, 0.25) is 0 Å². The second-order valence-corrected chi connectivity index (χ2v) is 4.15. The van der Waals surface area contributed by atoms with Gasteiger partial charge in [-0.3, -0.25) is 10.1 Å². The van der Waals surface area contributed by atoms with E-state index in [2.05, 4.69) is 19.2 Å². The van der Waals surface area contributed by atoms with Crippen molar-refractivity contribution in [3.05, 3.63) is 39.9 Å². The summed E-state index contributed by atoms with van der Waals surface area (Å²) in [5.41, 5.74) is 1.18. The maximum Gasteiger partial charge on any atom is 0.269 e. The van der Waals surface area contributed by atoms with Gasteiger partial charge in [0.15, 0.2) is 0 Å². The average molecular weight is 236 g/mol. The number of hydrogen-bond donors (Lipinski definition) is 1. The Morgan fingerprint density at radius 3 is 2.71 bits per heavy atom. The summed E-state index contributed by atoms with van der Waals surface area (Å²) in [5.74, 6) is 0. The van der Waals surface area contributed by atoms with Crippen molar-refractivity contribution < 1.29 is 4.92 Å². The van der Waals surface area contributed by atoms with Crippen molar-refractivity contribution in [2.45, 2.75) is 39.2 Å². The molecule has 0 aliphatic rings. The second-order valence-electron chi connectivity index (χ2n) is 4.15. The van der Waals surface area contributed by atoms with Crippen LogP contribution in [0.5, 0.6) is 0 Å². The molecular formula is C13H20N2O2. The molecule has 94 valence electrons. The molecule has 0 saturated carbocycles. The first-order valence-corrected chi connectivity index (χ1v) is 6.16. The van der Waals surface area contributed by atoms with Gasteiger partial charge >= 0.3 is 0 Å². The van der Waals surface area contributed by atoms with Crippen molar-refractivity contribution in [3.8, 4) is 0 Å². The summed E-state index contributed by atoms with van der Waals surface area (Å²) >= 11 is 0. The van der Waals surface area contributed by atoms with E-state index in [0.29, 0.717) is 0 Å². The van der Waals surface area contributed by atoms with Gasteiger partial charge in [-0.25, -0.2) is 0 Å². The van der Waals surface area contributed by atoms with Crippen molar-refractivity contribution in [3.63, 3.8) is 0 Å². The Labute approximate surface area is 102 Å². The van der Waals surface area contributed by atoms with Gasteiger partial charge in [0.25, 0.3) is 5.69 Å². The van der Waals surface area contributed by atoms with Crippen molar-refractivity contribution in [2.75, 3.05) is 6.54 Å². The molecule has 0 radical (unpaired) electrons. The lowest BCUT2D eigenvalue weighted by Crippen LogP contribution is -2.22. The minimum atomic E-state index is -0.341. The number of benzene rings is 1. The van der Waals surface area contributed by atoms with Crippen molar-refractivity contribution in [1.82, 2.24) is 5.32 Å². The lowest BCUT2D eigenvalue weighted by atomic mass is 10.0. The quantitative estimate of drug-likeness (QED) is 0.583. The summed E-state index contributed by atoms with van der Waals surface area (Å²) < 4.78 is 0. The molecule has 4 nitrogen and oxygen atoms in total. The van der Waals surface area contributed by atoms with Crippen LogP contribution in [0.25, 0.3) is 0 Å². The molecule has 0 aliphatic heterocycles. The Hall–Kier alpha value is -1.42. The molecule has 1 rings (SSSR count). The fraction of sp³-hybridized carbons (Fsp3) is 0.538. The summed E-state index contributed by atoms with van der Waals surface area (Å²) in [6.07, 6.45) is 3.13. The summed E-state index contributed by atoms with van der Waals surface area (Å²) in [6, 6.07) is 7.13.